The largest absolute Gasteiger partial charge is 0.462 e. The van der Waals surface area contributed by atoms with Gasteiger partial charge >= 0.3 is 11.9 Å². The molecule has 4 aromatic rings. The summed E-state index contributed by atoms with van der Waals surface area (Å²) >= 11 is 0. The van der Waals surface area contributed by atoms with E-state index in [1.807, 2.05) is 19.9 Å². The van der Waals surface area contributed by atoms with Crippen molar-refractivity contribution in [1.82, 2.24) is 29.2 Å². The number of nitrogens with two attached hydrogens (primary N) is 4. The highest BCUT2D eigenvalue weighted by Gasteiger charge is 2.65. The number of carbonyl (C=O) groups is 2. The van der Waals surface area contributed by atoms with Gasteiger partial charge in [-0.15, -0.1) is 12.4 Å². The molecular formula is C37H49ClN12O10. The predicted molar refractivity (Wildman–Crippen MR) is 210 cm³/mol. The summed E-state index contributed by atoms with van der Waals surface area (Å²) in [6, 6.07) is 9.03. The van der Waals surface area contributed by atoms with E-state index in [-0.39, 0.29) is 54.8 Å². The van der Waals surface area contributed by atoms with Gasteiger partial charge in [-0.3, -0.25) is 9.59 Å². The van der Waals surface area contributed by atoms with Crippen LogP contribution in [0.25, 0.3) is 11.0 Å². The Morgan fingerprint density at radius 1 is 0.783 bits per heavy atom. The highest BCUT2D eigenvalue weighted by Crippen LogP contribution is 2.49. The van der Waals surface area contributed by atoms with Crippen LogP contribution in [0, 0.1) is 34.5 Å². The lowest BCUT2D eigenvalue weighted by Crippen LogP contribution is -2.41. The monoisotopic (exact) mass is 856 g/mol. The van der Waals surface area contributed by atoms with E-state index in [1.54, 1.807) is 45.9 Å². The smallest absolute Gasteiger partial charge is 0.323 e. The molecule has 324 valence electrons. The van der Waals surface area contributed by atoms with E-state index in [1.165, 1.54) is 27.8 Å². The van der Waals surface area contributed by atoms with Crippen LogP contribution in [0.5, 0.6) is 0 Å². The van der Waals surface area contributed by atoms with Gasteiger partial charge in [-0.25, -0.2) is 19.0 Å². The number of nitrogen functional groups attached to an aromatic ring is 2. The number of ether oxygens (including phenoxy) is 6. The molecule has 60 heavy (non-hydrogen) atoms. The molecule has 0 bridgehead atoms. The Hall–Kier alpha value is -5.27. The molecule has 4 aromatic heterocycles. The topological polar surface area (TPSA) is 342 Å². The Balaban J connectivity index is 0.000000225. The minimum Gasteiger partial charge on any atom is -0.462 e. The minimum absolute atomic E-state index is 0. The molecule has 0 saturated carbocycles. The van der Waals surface area contributed by atoms with Crippen molar-refractivity contribution in [2.75, 3.05) is 24.7 Å². The first-order valence-electron chi connectivity index (χ1n) is 18.7. The van der Waals surface area contributed by atoms with Crippen molar-refractivity contribution in [3.05, 3.63) is 48.3 Å². The van der Waals surface area contributed by atoms with Crippen LogP contribution in [0.15, 0.2) is 36.9 Å². The summed E-state index contributed by atoms with van der Waals surface area (Å²) in [6.45, 7) is 10.2. The van der Waals surface area contributed by atoms with Gasteiger partial charge in [-0.2, -0.15) is 20.7 Å². The molecule has 7 rings (SSSR count). The second-order valence-electron chi connectivity index (χ2n) is 15.6. The van der Waals surface area contributed by atoms with E-state index >= 15 is 0 Å². The zero-order chi connectivity index (χ0) is 43.2. The molecule has 0 spiro atoms. The fourth-order valence-corrected chi connectivity index (χ4v) is 7.08. The Labute approximate surface area is 350 Å². The fraction of sp³-hybridized carbons (Fsp3) is 0.568. The molecule has 3 aliphatic heterocycles. The van der Waals surface area contributed by atoms with E-state index in [4.69, 9.17) is 51.4 Å². The first-order valence-corrected chi connectivity index (χ1v) is 18.7. The van der Waals surface area contributed by atoms with Crippen LogP contribution in [0.4, 0.5) is 11.6 Å². The molecule has 10 atom stereocenters. The average Bonchev–Trinajstić information content (AvgIpc) is 4.01. The number of anilines is 2. The number of rotatable bonds is 10. The van der Waals surface area contributed by atoms with Crippen molar-refractivity contribution in [1.29, 1.82) is 10.5 Å². The number of nitriles is 2. The highest BCUT2D eigenvalue weighted by atomic mass is 35.5. The number of aromatic nitrogens is 6. The second-order valence-corrected chi connectivity index (χ2v) is 15.6. The van der Waals surface area contributed by atoms with Crippen molar-refractivity contribution in [2.24, 2.45) is 23.3 Å². The Kier molecular flexibility index (Phi) is 13.3. The lowest BCUT2D eigenvalue weighted by atomic mass is 9.92. The number of aliphatic hydroxyl groups is 2. The van der Waals surface area contributed by atoms with Gasteiger partial charge in [0.1, 0.15) is 97.7 Å². The van der Waals surface area contributed by atoms with Crippen LogP contribution >= 0.6 is 12.4 Å². The third kappa shape index (κ3) is 8.01. The lowest BCUT2D eigenvalue weighted by Gasteiger charge is -2.29. The summed E-state index contributed by atoms with van der Waals surface area (Å²) in [5.74, 6) is -1.94. The van der Waals surface area contributed by atoms with Crippen LogP contribution in [0.2, 0.25) is 0 Å². The summed E-state index contributed by atoms with van der Waals surface area (Å²) in [6.07, 6.45) is -3.93. The van der Waals surface area contributed by atoms with Gasteiger partial charge in [0.25, 0.3) is 0 Å². The molecule has 3 aliphatic rings. The number of carbonyl (C=O) groups excluding carboxylic acids is 2. The standard InChI is InChI=1S/C20H26N6O5.C17H22N6O5.ClH/c1-10(2)14(22)18(27)28-7-12-15-16(31-19(3,4)30-15)20(8-21,29-12)13-6-5-11-17(23)24-9-25-26(11)13;1-8(2)12(19)16(26)27-5-10-13(24)14(25)17(6-18,28-10)11-4-3-9-15(20)21-7-22-23(9)11;/h5-6,9-10,12,14-16H,7,22H2,1-4H3,(H2,23,24,25);3-4,7-8,10,12-14,24-25H,5,19H2,1-2H3,(H2,20,21,22);1H/t12-,14+,15-,16-,20+;10-,12+,13-,14-,17+;/m11./s1. The summed E-state index contributed by atoms with van der Waals surface area (Å²) in [4.78, 5) is 32.1. The van der Waals surface area contributed by atoms with Gasteiger partial charge in [0.05, 0.1) is 11.4 Å². The first-order chi connectivity index (χ1) is 27.8. The van der Waals surface area contributed by atoms with Crippen molar-refractivity contribution < 1.29 is 48.2 Å². The van der Waals surface area contributed by atoms with E-state index in [2.05, 4.69) is 26.2 Å². The molecule has 10 N–H and O–H groups in total. The third-order valence-electron chi connectivity index (χ3n) is 10.5. The molecular weight excluding hydrogens is 808 g/mol. The van der Waals surface area contributed by atoms with Crippen LogP contribution in [0.1, 0.15) is 52.9 Å². The van der Waals surface area contributed by atoms with Crippen LogP contribution in [-0.2, 0) is 49.2 Å². The number of hydrogen-bond acceptors (Lipinski definition) is 20. The maximum atomic E-state index is 12.3. The number of nitrogens with zero attached hydrogens (tertiary/aromatic N) is 8. The van der Waals surface area contributed by atoms with Crippen LogP contribution < -0.4 is 22.9 Å². The quantitative estimate of drug-likeness (QED) is 0.110. The number of esters is 2. The van der Waals surface area contributed by atoms with Crippen molar-refractivity contribution in [3.63, 3.8) is 0 Å². The lowest BCUT2D eigenvalue weighted by molar-refractivity contribution is -0.207. The summed E-state index contributed by atoms with van der Waals surface area (Å²) < 4.78 is 37.3. The van der Waals surface area contributed by atoms with Gasteiger partial charge in [-0.1, -0.05) is 27.7 Å². The van der Waals surface area contributed by atoms with Crippen LogP contribution in [-0.4, -0.2) is 119 Å². The number of fused-ring (bicyclic) bond motifs is 3. The molecule has 0 radical (unpaired) electrons. The number of hydrogen-bond donors (Lipinski definition) is 6. The summed E-state index contributed by atoms with van der Waals surface area (Å²) in [5.41, 5.74) is 21.4. The zero-order valence-corrected chi connectivity index (χ0v) is 34.4. The molecule has 23 heteroatoms. The highest BCUT2D eigenvalue weighted by molar-refractivity contribution is 5.85. The predicted octanol–water partition coefficient (Wildman–Crippen LogP) is -0.425. The Morgan fingerprint density at radius 3 is 1.70 bits per heavy atom. The van der Waals surface area contributed by atoms with Crippen molar-refractivity contribution in [3.8, 4) is 12.1 Å². The van der Waals surface area contributed by atoms with E-state index in [9.17, 15) is 30.3 Å². The van der Waals surface area contributed by atoms with E-state index < -0.39 is 77.6 Å². The normalized spacial score (nSPS) is 28.9. The second kappa shape index (κ2) is 17.4. The van der Waals surface area contributed by atoms with Crippen molar-refractivity contribution >= 4 is 47.0 Å². The van der Waals surface area contributed by atoms with Gasteiger partial charge in [0.15, 0.2) is 17.4 Å². The molecule has 0 amide bonds. The minimum atomic E-state index is -1.94. The van der Waals surface area contributed by atoms with Gasteiger partial charge in [0, 0.05) is 0 Å². The molecule has 22 nitrogen and oxygen atoms in total. The zero-order valence-electron chi connectivity index (χ0n) is 33.6. The molecule has 3 fully saturated rings. The number of aliphatic hydroxyl groups excluding tert-OH is 2. The molecule has 0 unspecified atom stereocenters. The molecule has 0 aliphatic carbocycles. The van der Waals surface area contributed by atoms with E-state index in [0.29, 0.717) is 16.7 Å². The van der Waals surface area contributed by atoms with Crippen LogP contribution in [0.3, 0.4) is 0 Å². The van der Waals surface area contributed by atoms with Gasteiger partial charge < -0.3 is 61.6 Å². The SMILES string of the molecule is CC(C)[C@H](N)C(=O)OC[C@H]1O[C@@](C#N)(c2ccc3c(N)ncnn23)[C@@H]2OC(C)(C)O[C@@H]21.CC(C)[C@H](N)C(=O)OC[C@H]1O[C@@](C#N)(c2ccc3c(N)ncnn23)[C@H](O)[C@@H]1O.Cl. The molecule has 0 aromatic carbocycles. The van der Waals surface area contributed by atoms with Crippen molar-refractivity contribution in [2.45, 2.75) is 107 Å². The molecule has 3 saturated heterocycles. The third-order valence-corrected chi connectivity index (χ3v) is 10.5. The number of halogens is 1. The Morgan fingerprint density at radius 2 is 1.23 bits per heavy atom. The summed E-state index contributed by atoms with van der Waals surface area (Å²) in [5, 5.41) is 49.3. The fourth-order valence-electron chi connectivity index (χ4n) is 7.08. The van der Waals surface area contributed by atoms with E-state index in [0.717, 1.165) is 0 Å². The maximum absolute atomic E-state index is 12.3. The maximum Gasteiger partial charge on any atom is 0.323 e. The first kappa shape index (κ1) is 45.8. The van der Waals surface area contributed by atoms with Gasteiger partial charge in [0.2, 0.25) is 11.2 Å². The average molecular weight is 857 g/mol. The Bertz CT molecular complexity index is 2290. The van der Waals surface area contributed by atoms with Gasteiger partial charge in [-0.05, 0) is 49.9 Å². The molecule has 7 heterocycles. The summed E-state index contributed by atoms with van der Waals surface area (Å²) in [7, 11) is 0.